The summed E-state index contributed by atoms with van der Waals surface area (Å²) in [6.07, 6.45) is 12.9. The predicted octanol–water partition coefficient (Wildman–Crippen LogP) is 6.93. The Bertz CT molecular complexity index is 467. The van der Waals surface area contributed by atoms with Crippen molar-refractivity contribution in [2.75, 3.05) is 0 Å². The van der Waals surface area contributed by atoms with Crippen LogP contribution in [0.4, 0.5) is 4.39 Å². The Labute approximate surface area is 149 Å². The van der Waals surface area contributed by atoms with Crippen LogP contribution >= 0.6 is 0 Å². The molecular formula is C22H35FSi. The van der Waals surface area contributed by atoms with E-state index in [9.17, 15) is 4.39 Å². The maximum absolute atomic E-state index is 13.1. The molecule has 134 valence electrons. The van der Waals surface area contributed by atoms with E-state index >= 15 is 0 Å². The number of halogens is 1. The fourth-order valence-electron chi connectivity index (χ4n) is 5.21. The first-order valence-corrected chi connectivity index (χ1v) is 12.9. The first-order chi connectivity index (χ1) is 11.7. The van der Waals surface area contributed by atoms with Crippen molar-refractivity contribution in [2.45, 2.75) is 88.8 Å². The second-order valence-electron chi connectivity index (χ2n) is 8.52. The van der Waals surface area contributed by atoms with E-state index in [4.69, 9.17) is 0 Å². The van der Waals surface area contributed by atoms with Crippen LogP contribution in [0.2, 0.25) is 18.1 Å². The van der Waals surface area contributed by atoms with E-state index in [1.165, 1.54) is 50.5 Å². The first kappa shape index (κ1) is 18.2. The van der Waals surface area contributed by atoms with Crippen LogP contribution in [-0.2, 0) is 0 Å². The van der Waals surface area contributed by atoms with E-state index in [-0.39, 0.29) is 14.6 Å². The van der Waals surface area contributed by atoms with Crippen molar-refractivity contribution in [1.82, 2.24) is 0 Å². The van der Waals surface area contributed by atoms with E-state index in [0.717, 1.165) is 11.8 Å². The molecular weight excluding hydrogens is 311 g/mol. The highest BCUT2D eigenvalue weighted by atomic mass is 28.3. The molecule has 1 aliphatic carbocycles. The zero-order chi connectivity index (χ0) is 16.8. The van der Waals surface area contributed by atoms with Gasteiger partial charge in [-0.25, -0.2) is 4.39 Å². The van der Waals surface area contributed by atoms with E-state index < -0.39 is 0 Å². The lowest BCUT2D eigenvalue weighted by Crippen LogP contribution is -2.22. The average Bonchev–Trinajstić information content (AvgIpc) is 2.63. The number of rotatable bonds is 6. The molecule has 0 N–H and O–H groups in total. The molecule has 1 saturated heterocycles. The van der Waals surface area contributed by atoms with E-state index in [1.807, 2.05) is 12.1 Å². The Balaban J connectivity index is 1.35. The molecule has 0 radical (unpaired) electrons. The fourth-order valence-corrected chi connectivity index (χ4v) is 8.78. The molecule has 24 heavy (non-hydrogen) atoms. The van der Waals surface area contributed by atoms with Crippen molar-refractivity contribution in [3.05, 3.63) is 35.6 Å². The minimum absolute atomic E-state index is 0.107. The van der Waals surface area contributed by atoms with Gasteiger partial charge in [-0.2, -0.15) is 0 Å². The molecule has 0 atom stereocenters. The maximum Gasteiger partial charge on any atom is 0.123 e. The zero-order valence-corrected chi connectivity index (χ0v) is 16.6. The van der Waals surface area contributed by atoms with Crippen LogP contribution in [0, 0.1) is 17.7 Å². The quantitative estimate of drug-likeness (QED) is 0.490. The Morgan fingerprint density at radius 1 is 0.875 bits per heavy atom. The lowest BCUT2D eigenvalue weighted by atomic mass is 9.76. The highest BCUT2D eigenvalue weighted by Gasteiger charge is 2.25. The molecule has 1 aromatic rings. The molecule has 3 rings (SSSR count). The maximum atomic E-state index is 13.1. The van der Waals surface area contributed by atoms with Crippen molar-refractivity contribution >= 4 is 8.80 Å². The summed E-state index contributed by atoms with van der Waals surface area (Å²) in [6.45, 7) is 2.36. The molecule has 1 aliphatic heterocycles. The van der Waals surface area contributed by atoms with Crippen molar-refractivity contribution in [1.29, 1.82) is 0 Å². The van der Waals surface area contributed by atoms with Crippen molar-refractivity contribution in [3.8, 4) is 0 Å². The number of benzene rings is 1. The molecule has 2 aliphatic rings. The van der Waals surface area contributed by atoms with Gasteiger partial charge in [0.05, 0.1) is 0 Å². The SMILES string of the molecule is CCC[Si@H]1CC[C@H](CCC2CCC(c3ccc(F)cc3)CC2)CC1. The standard InChI is InChI=1S/C22H35FSi/c1-2-15-24-16-13-19(14-17-24)4-3-18-5-7-20(8-6-18)21-9-11-22(23)12-10-21/h9-12,18-20,24H,2-8,13-17H2,1H3/t18?,19-,20?,24-. The first-order valence-electron chi connectivity index (χ1n) is 10.5. The van der Waals surface area contributed by atoms with Gasteiger partial charge < -0.3 is 0 Å². The molecule has 0 nitrogen and oxygen atoms in total. The Morgan fingerprint density at radius 3 is 2.04 bits per heavy atom. The van der Waals surface area contributed by atoms with Gasteiger partial charge in [-0.1, -0.05) is 69.3 Å². The van der Waals surface area contributed by atoms with Crippen LogP contribution in [0.15, 0.2) is 24.3 Å². The highest BCUT2D eigenvalue weighted by molar-refractivity contribution is 6.58. The monoisotopic (exact) mass is 346 g/mol. The van der Waals surface area contributed by atoms with Crippen molar-refractivity contribution in [2.24, 2.45) is 11.8 Å². The molecule has 0 spiro atoms. The number of hydrogen-bond acceptors (Lipinski definition) is 0. The topological polar surface area (TPSA) is 0 Å². The van der Waals surface area contributed by atoms with Gasteiger partial charge in [0.15, 0.2) is 0 Å². The van der Waals surface area contributed by atoms with Crippen LogP contribution in [0.25, 0.3) is 0 Å². The minimum Gasteiger partial charge on any atom is -0.207 e. The molecule has 2 heteroatoms. The third-order valence-electron chi connectivity index (χ3n) is 6.83. The van der Waals surface area contributed by atoms with Gasteiger partial charge in [0.25, 0.3) is 0 Å². The van der Waals surface area contributed by atoms with Crippen LogP contribution in [0.1, 0.15) is 76.2 Å². The van der Waals surface area contributed by atoms with Gasteiger partial charge in [0.1, 0.15) is 5.82 Å². The van der Waals surface area contributed by atoms with Crippen LogP contribution < -0.4 is 0 Å². The van der Waals surface area contributed by atoms with E-state index in [0.29, 0.717) is 5.92 Å². The number of hydrogen-bond donors (Lipinski definition) is 0. The highest BCUT2D eigenvalue weighted by Crippen LogP contribution is 2.39. The Hall–Kier alpha value is -0.633. The molecule has 0 aromatic heterocycles. The summed E-state index contributed by atoms with van der Waals surface area (Å²) in [6, 6.07) is 12.1. The van der Waals surface area contributed by atoms with Crippen LogP contribution in [0.5, 0.6) is 0 Å². The van der Waals surface area contributed by atoms with Crippen molar-refractivity contribution < 1.29 is 4.39 Å². The molecule has 0 unspecified atom stereocenters. The summed E-state index contributed by atoms with van der Waals surface area (Å²) in [5, 5.41) is 0. The van der Waals surface area contributed by atoms with Gasteiger partial charge in [-0.05, 0) is 61.1 Å². The average molecular weight is 347 g/mol. The zero-order valence-electron chi connectivity index (χ0n) is 15.5. The summed E-state index contributed by atoms with van der Waals surface area (Å²) in [5.41, 5.74) is 1.36. The second kappa shape index (κ2) is 9.17. The van der Waals surface area contributed by atoms with E-state index in [2.05, 4.69) is 6.92 Å². The lowest BCUT2D eigenvalue weighted by molar-refractivity contribution is 0.280. The molecule has 2 fully saturated rings. The third kappa shape index (κ3) is 5.18. The molecule has 0 bridgehead atoms. The second-order valence-corrected chi connectivity index (χ2v) is 12.0. The normalized spacial score (nSPS) is 31.1. The summed E-state index contributed by atoms with van der Waals surface area (Å²) < 4.78 is 13.1. The summed E-state index contributed by atoms with van der Waals surface area (Å²) >= 11 is 0. The summed E-state index contributed by atoms with van der Waals surface area (Å²) in [7, 11) is -0.297. The fraction of sp³-hybridized carbons (Fsp3) is 0.727. The van der Waals surface area contributed by atoms with Crippen LogP contribution in [0.3, 0.4) is 0 Å². The summed E-state index contributed by atoms with van der Waals surface area (Å²) in [5.74, 6) is 2.59. The van der Waals surface area contributed by atoms with Gasteiger partial charge in [-0.15, -0.1) is 0 Å². The van der Waals surface area contributed by atoms with Crippen LogP contribution in [-0.4, -0.2) is 8.80 Å². The Kier molecular flexibility index (Phi) is 6.94. The van der Waals surface area contributed by atoms with E-state index in [1.54, 1.807) is 43.1 Å². The predicted molar refractivity (Wildman–Crippen MR) is 105 cm³/mol. The van der Waals surface area contributed by atoms with Crippen molar-refractivity contribution in [3.63, 3.8) is 0 Å². The smallest absolute Gasteiger partial charge is 0.123 e. The molecule has 1 heterocycles. The molecule has 1 aromatic carbocycles. The Morgan fingerprint density at radius 2 is 1.46 bits per heavy atom. The lowest BCUT2D eigenvalue weighted by Gasteiger charge is -2.31. The molecule has 0 amide bonds. The largest absolute Gasteiger partial charge is 0.207 e. The minimum atomic E-state index is -0.297. The van der Waals surface area contributed by atoms with Gasteiger partial charge >= 0.3 is 0 Å². The van der Waals surface area contributed by atoms with Gasteiger partial charge in [0, 0.05) is 8.80 Å². The van der Waals surface area contributed by atoms with Gasteiger partial charge in [-0.3, -0.25) is 0 Å². The third-order valence-corrected chi connectivity index (χ3v) is 10.5. The molecule has 1 saturated carbocycles. The summed E-state index contributed by atoms with van der Waals surface area (Å²) in [4.78, 5) is 0. The van der Waals surface area contributed by atoms with Gasteiger partial charge in [0.2, 0.25) is 0 Å².